The molecular weight excluding hydrogens is 138 g/mol. The normalized spacial score (nSPS) is 10.0. The summed E-state index contributed by atoms with van der Waals surface area (Å²) >= 11 is 0. The van der Waals surface area contributed by atoms with Gasteiger partial charge in [-0.2, -0.15) is 0 Å². The first kappa shape index (κ1) is 11.8. The Kier molecular flexibility index (Phi) is 5.79. The van der Waals surface area contributed by atoms with Gasteiger partial charge in [-0.1, -0.05) is 0 Å². The number of rotatable bonds is 1. The molecule has 0 saturated heterocycles. The maximum absolute atomic E-state index is 10.0. The second kappa shape index (κ2) is 3.94. The van der Waals surface area contributed by atoms with Crippen LogP contribution in [0.3, 0.4) is 0 Å². The molecule has 44 valence electrons. The van der Waals surface area contributed by atoms with Crippen LogP contribution in [0.25, 0.3) is 0 Å². The van der Waals surface area contributed by atoms with Crippen LogP contribution in [-0.4, -0.2) is 22.0 Å². The van der Waals surface area contributed by atoms with Crippen LogP contribution >= 0.6 is 7.72 Å². The van der Waals surface area contributed by atoms with Crippen molar-refractivity contribution in [3.8, 4) is 0 Å². The van der Waals surface area contributed by atoms with Crippen LogP contribution in [0, 0.1) is 0 Å². The summed E-state index contributed by atoms with van der Waals surface area (Å²) in [5.74, 6) is 0. The average Bonchev–Trinajstić information content (AvgIpc) is 1.31. The molecule has 0 aliphatic heterocycles. The molecule has 0 aliphatic rings. The van der Waals surface area contributed by atoms with Gasteiger partial charge in [-0.15, -0.1) is 0 Å². The third-order valence-electron chi connectivity index (χ3n) is 0.597. The molecule has 0 rings (SSSR count). The van der Waals surface area contributed by atoms with Crippen molar-refractivity contribution in [3.63, 3.8) is 0 Å². The SMILES string of the molecule is CC(=O)[P+](C)(O)O.[H-].[Na+]. The zero-order valence-electron chi connectivity index (χ0n) is 6.25. The van der Waals surface area contributed by atoms with Crippen molar-refractivity contribution in [2.75, 3.05) is 6.66 Å². The molecule has 0 bridgehead atoms. The number of carbonyl (C=O) groups is 1. The van der Waals surface area contributed by atoms with E-state index < -0.39 is 13.2 Å². The van der Waals surface area contributed by atoms with E-state index in [9.17, 15) is 4.79 Å². The van der Waals surface area contributed by atoms with E-state index in [2.05, 4.69) is 0 Å². The van der Waals surface area contributed by atoms with Gasteiger partial charge in [0.1, 0.15) is 6.66 Å². The van der Waals surface area contributed by atoms with E-state index in [-0.39, 0.29) is 31.0 Å². The predicted molar refractivity (Wildman–Crippen MR) is 29.1 cm³/mol. The smallest absolute Gasteiger partial charge is 1.00 e. The first-order valence-electron chi connectivity index (χ1n) is 1.77. The number of hydrogen-bond donors (Lipinski definition) is 2. The molecule has 3 nitrogen and oxygen atoms in total. The summed E-state index contributed by atoms with van der Waals surface area (Å²) in [6.45, 7) is 2.29. The first-order valence-corrected chi connectivity index (χ1v) is 3.92. The fourth-order valence-electron chi connectivity index (χ4n) is 0. The van der Waals surface area contributed by atoms with E-state index in [1.54, 1.807) is 0 Å². The van der Waals surface area contributed by atoms with E-state index in [0.717, 1.165) is 13.6 Å². The molecule has 0 heterocycles. The molecule has 0 aromatic rings. The van der Waals surface area contributed by atoms with Crippen molar-refractivity contribution in [1.82, 2.24) is 0 Å². The summed E-state index contributed by atoms with van der Waals surface area (Å²) in [6, 6.07) is 0. The maximum Gasteiger partial charge on any atom is 1.00 e. The summed E-state index contributed by atoms with van der Waals surface area (Å²) in [4.78, 5) is 26.8. The zero-order chi connectivity index (χ0) is 6.08. The van der Waals surface area contributed by atoms with Gasteiger partial charge in [0, 0.05) is 6.92 Å². The molecule has 5 heteroatoms. The summed E-state index contributed by atoms with van der Waals surface area (Å²) in [5, 5.41) is 0. The van der Waals surface area contributed by atoms with Crippen LogP contribution in [0.4, 0.5) is 0 Å². The van der Waals surface area contributed by atoms with Gasteiger partial charge in [0.05, 0.1) is 0 Å². The van der Waals surface area contributed by atoms with Crippen molar-refractivity contribution in [3.05, 3.63) is 0 Å². The molecular formula is C3H9NaO3P+. The second-order valence-corrected chi connectivity index (χ2v) is 3.89. The molecule has 0 amide bonds. The van der Waals surface area contributed by atoms with Crippen molar-refractivity contribution in [1.29, 1.82) is 0 Å². The zero-order valence-corrected chi connectivity index (χ0v) is 8.14. The Bertz CT molecular complexity index is 91.5. The van der Waals surface area contributed by atoms with E-state index in [4.69, 9.17) is 9.79 Å². The third-order valence-corrected chi connectivity index (χ3v) is 1.79. The Labute approximate surface area is 72.4 Å². The standard InChI is InChI=1S/C3H8O3P.Na.H/c1-3(4)7(2,5)6;;/h5-6H,1-2H3;;/q2*+1;-1. The Morgan fingerprint density at radius 2 is 1.75 bits per heavy atom. The number of hydrogen-bond acceptors (Lipinski definition) is 3. The molecule has 0 fully saturated rings. The summed E-state index contributed by atoms with van der Waals surface area (Å²) in [5.41, 5.74) is -0.535. The van der Waals surface area contributed by atoms with E-state index in [0.29, 0.717) is 0 Å². The van der Waals surface area contributed by atoms with Gasteiger partial charge < -0.3 is 1.43 Å². The van der Waals surface area contributed by atoms with E-state index in [1.165, 1.54) is 0 Å². The van der Waals surface area contributed by atoms with Crippen LogP contribution in [0.15, 0.2) is 0 Å². The van der Waals surface area contributed by atoms with E-state index in [1.807, 2.05) is 0 Å². The van der Waals surface area contributed by atoms with Crippen molar-refractivity contribution in [2.24, 2.45) is 0 Å². The van der Waals surface area contributed by atoms with Gasteiger partial charge in [0.2, 0.25) is 0 Å². The Morgan fingerprint density at radius 3 is 1.75 bits per heavy atom. The summed E-state index contributed by atoms with van der Waals surface area (Å²) in [6.07, 6.45) is 0. The van der Waals surface area contributed by atoms with Gasteiger partial charge in [0.15, 0.2) is 0 Å². The molecule has 0 aromatic carbocycles. The molecule has 8 heavy (non-hydrogen) atoms. The quantitative estimate of drug-likeness (QED) is 0.309. The van der Waals surface area contributed by atoms with Crippen LogP contribution in [0.2, 0.25) is 0 Å². The van der Waals surface area contributed by atoms with Gasteiger partial charge in [-0.05, 0) is 0 Å². The third kappa shape index (κ3) is 5.16. The Hall–Kier alpha value is 1.02. The second-order valence-electron chi connectivity index (χ2n) is 1.43. The minimum Gasteiger partial charge on any atom is -1.00 e. The maximum atomic E-state index is 10.0. The molecule has 0 aliphatic carbocycles. The first-order chi connectivity index (χ1) is 2.94. The van der Waals surface area contributed by atoms with Crippen LogP contribution in [-0.2, 0) is 4.79 Å². The van der Waals surface area contributed by atoms with Crippen LogP contribution < -0.4 is 29.6 Å². The average molecular weight is 147 g/mol. The molecule has 2 N–H and O–H groups in total. The topological polar surface area (TPSA) is 57.5 Å². The Balaban J connectivity index is -0.000000180. The molecule has 0 atom stereocenters. The summed E-state index contributed by atoms with van der Waals surface area (Å²) < 4.78 is 0. The minimum absolute atomic E-state index is 0. The van der Waals surface area contributed by atoms with Gasteiger partial charge in [0.25, 0.3) is 0 Å². The van der Waals surface area contributed by atoms with Crippen LogP contribution in [0.1, 0.15) is 8.35 Å². The van der Waals surface area contributed by atoms with Gasteiger partial charge in [-0.25, -0.2) is 14.6 Å². The summed E-state index contributed by atoms with van der Waals surface area (Å²) in [7, 11) is -3.13. The fraction of sp³-hybridized carbons (Fsp3) is 0.667. The fourth-order valence-corrected chi connectivity index (χ4v) is 0. The van der Waals surface area contributed by atoms with Gasteiger partial charge in [-0.3, -0.25) is 0 Å². The minimum atomic E-state index is -3.13. The van der Waals surface area contributed by atoms with Crippen LogP contribution in [0.5, 0.6) is 0 Å². The van der Waals surface area contributed by atoms with Crippen molar-refractivity contribution < 1.29 is 45.6 Å². The predicted octanol–water partition coefficient (Wildman–Crippen LogP) is -2.89. The molecule has 0 saturated carbocycles. The monoisotopic (exact) mass is 147 g/mol. The van der Waals surface area contributed by atoms with Crippen molar-refractivity contribution >= 4 is 13.2 Å². The molecule has 0 spiro atoms. The van der Waals surface area contributed by atoms with E-state index >= 15 is 0 Å². The molecule has 0 aromatic heterocycles. The van der Waals surface area contributed by atoms with Gasteiger partial charge >= 0.3 is 42.8 Å². The largest absolute Gasteiger partial charge is 1.00 e. The Morgan fingerprint density at radius 1 is 1.62 bits per heavy atom. The molecule has 0 unspecified atom stereocenters. The number of carbonyl (C=O) groups excluding carboxylic acids is 1. The van der Waals surface area contributed by atoms with Crippen molar-refractivity contribution in [2.45, 2.75) is 6.92 Å². The molecule has 0 radical (unpaired) electrons.